The van der Waals surface area contributed by atoms with Gasteiger partial charge in [-0.05, 0) is 11.5 Å². The Balaban J connectivity index is 1.92. The molecule has 0 spiro atoms. The molecular formula is C16H16ClNO3. The van der Waals surface area contributed by atoms with Crippen LogP contribution in [0.15, 0.2) is 36.4 Å². The van der Waals surface area contributed by atoms with Crippen molar-refractivity contribution in [1.29, 1.82) is 0 Å². The van der Waals surface area contributed by atoms with Crippen molar-refractivity contribution in [2.75, 3.05) is 25.6 Å². The highest BCUT2D eigenvalue weighted by molar-refractivity contribution is 6.18. The van der Waals surface area contributed by atoms with Gasteiger partial charge in [0, 0.05) is 18.5 Å². The van der Waals surface area contributed by atoms with Crippen molar-refractivity contribution >= 4 is 28.3 Å². The van der Waals surface area contributed by atoms with Crippen molar-refractivity contribution in [3.8, 4) is 5.75 Å². The number of rotatable bonds is 2. The second kappa shape index (κ2) is 5.92. The maximum atomic E-state index is 12.6. The van der Waals surface area contributed by atoms with Gasteiger partial charge in [-0.15, -0.1) is 11.6 Å². The molecule has 1 amide bonds. The average Bonchev–Trinajstić information content (AvgIpc) is 2.55. The number of phenolic OH excluding ortho intramolecular Hbond substituents is 1. The Morgan fingerprint density at radius 2 is 2.14 bits per heavy atom. The molecule has 2 aromatic carbocycles. The maximum absolute atomic E-state index is 12.6. The van der Waals surface area contributed by atoms with Gasteiger partial charge in [-0.3, -0.25) is 4.79 Å². The van der Waals surface area contributed by atoms with Gasteiger partial charge in [-0.2, -0.15) is 0 Å². The highest BCUT2D eigenvalue weighted by Crippen LogP contribution is 2.29. The van der Waals surface area contributed by atoms with E-state index in [-0.39, 0.29) is 17.8 Å². The normalized spacial score (nSPS) is 18.9. The van der Waals surface area contributed by atoms with Crippen molar-refractivity contribution in [2.24, 2.45) is 0 Å². The summed E-state index contributed by atoms with van der Waals surface area (Å²) in [5, 5.41) is 12.0. The first kappa shape index (κ1) is 14.2. The first-order chi connectivity index (χ1) is 10.2. The van der Waals surface area contributed by atoms with E-state index in [0.717, 1.165) is 5.39 Å². The predicted octanol–water partition coefficient (Wildman–Crippen LogP) is 2.63. The summed E-state index contributed by atoms with van der Waals surface area (Å²) in [5.41, 5.74) is 0.323. The van der Waals surface area contributed by atoms with E-state index >= 15 is 0 Å². The van der Waals surface area contributed by atoms with Crippen LogP contribution in [0.5, 0.6) is 5.75 Å². The van der Waals surface area contributed by atoms with E-state index < -0.39 is 0 Å². The molecule has 1 aliphatic heterocycles. The van der Waals surface area contributed by atoms with Crippen LogP contribution in [0.3, 0.4) is 0 Å². The number of phenols is 1. The second-order valence-corrected chi connectivity index (χ2v) is 5.39. The molecule has 1 aliphatic rings. The molecule has 5 heteroatoms. The Hall–Kier alpha value is -1.78. The van der Waals surface area contributed by atoms with Crippen LogP contribution in [0.2, 0.25) is 0 Å². The van der Waals surface area contributed by atoms with E-state index in [4.69, 9.17) is 16.3 Å². The molecule has 1 unspecified atom stereocenters. The van der Waals surface area contributed by atoms with Crippen molar-refractivity contribution in [3.63, 3.8) is 0 Å². The number of aromatic hydroxyl groups is 1. The van der Waals surface area contributed by atoms with Crippen molar-refractivity contribution in [3.05, 3.63) is 42.0 Å². The van der Waals surface area contributed by atoms with E-state index in [1.807, 2.05) is 30.3 Å². The standard InChI is InChI=1S/C16H16ClNO3/c17-9-12-10-18(7-8-21-12)16(20)14-6-5-11-3-1-2-4-13(11)15(14)19/h1-6,12,19H,7-10H2. The monoisotopic (exact) mass is 305 g/mol. The average molecular weight is 306 g/mol. The van der Waals surface area contributed by atoms with Crippen LogP contribution in [0.1, 0.15) is 10.4 Å². The smallest absolute Gasteiger partial charge is 0.257 e. The van der Waals surface area contributed by atoms with E-state index in [1.165, 1.54) is 0 Å². The molecule has 4 nitrogen and oxygen atoms in total. The Labute approximate surface area is 127 Å². The second-order valence-electron chi connectivity index (χ2n) is 5.08. The van der Waals surface area contributed by atoms with Crippen molar-refractivity contribution in [2.45, 2.75) is 6.10 Å². The SMILES string of the molecule is O=C(c1ccc2ccccc2c1O)N1CCOC(CCl)C1. The Bertz CT molecular complexity index is 674. The minimum Gasteiger partial charge on any atom is -0.506 e. The molecule has 1 heterocycles. The number of hydrogen-bond acceptors (Lipinski definition) is 3. The fourth-order valence-electron chi connectivity index (χ4n) is 2.60. The third-order valence-corrected chi connectivity index (χ3v) is 4.07. The lowest BCUT2D eigenvalue weighted by Crippen LogP contribution is -2.46. The first-order valence-electron chi connectivity index (χ1n) is 6.88. The summed E-state index contributed by atoms with van der Waals surface area (Å²) in [7, 11) is 0. The topological polar surface area (TPSA) is 49.8 Å². The molecule has 1 atom stereocenters. The number of alkyl halides is 1. The molecular weight excluding hydrogens is 290 g/mol. The summed E-state index contributed by atoms with van der Waals surface area (Å²) in [6.45, 7) is 1.44. The number of carbonyl (C=O) groups is 1. The summed E-state index contributed by atoms with van der Waals surface area (Å²) in [6.07, 6.45) is -0.146. The zero-order valence-corrected chi connectivity index (χ0v) is 12.2. The largest absolute Gasteiger partial charge is 0.506 e. The van der Waals surface area contributed by atoms with Gasteiger partial charge in [0.25, 0.3) is 5.91 Å². The van der Waals surface area contributed by atoms with E-state index in [2.05, 4.69) is 0 Å². The summed E-state index contributed by atoms with van der Waals surface area (Å²) in [5.74, 6) is 0.205. The highest BCUT2D eigenvalue weighted by atomic mass is 35.5. The highest BCUT2D eigenvalue weighted by Gasteiger charge is 2.26. The van der Waals surface area contributed by atoms with Gasteiger partial charge < -0.3 is 14.7 Å². The van der Waals surface area contributed by atoms with E-state index in [0.29, 0.717) is 36.5 Å². The lowest BCUT2D eigenvalue weighted by Gasteiger charge is -2.32. The number of carbonyl (C=O) groups excluding carboxylic acids is 1. The van der Waals surface area contributed by atoms with Crippen LogP contribution in [-0.4, -0.2) is 47.6 Å². The van der Waals surface area contributed by atoms with Gasteiger partial charge >= 0.3 is 0 Å². The number of amides is 1. The number of fused-ring (bicyclic) bond motifs is 1. The number of halogens is 1. The molecule has 0 saturated carbocycles. The van der Waals surface area contributed by atoms with Crippen molar-refractivity contribution < 1.29 is 14.6 Å². The van der Waals surface area contributed by atoms with Gasteiger partial charge in [0.05, 0.1) is 24.2 Å². The molecule has 21 heavy (non-hydrogen) atoms. The van der Waals surface area contributed by atoms with Crippen LogP contribution in [0, 0.1) is 0 Å². The zero-order chi connectivity index (χ0) is 14.8. The fraction of sp³-hybridized carbons (Fsp3) is 0.312. The van der Waals surface area contributed by atoms with Gasteiger partial charge in [0.1, 0.15) is 5.75 Å². The van der Waals surface area contributed by atoms with Crippen LogP contribution in [0.25, 0.3) is 10.8 Å². The van der Waals surface area contributed by atoms with Gasteiger partial charge in [0.15, 0.2) is 0 Å². The molecule has 1 saturated heterocycles. The molecule has 3 rings (SSSR count). The predicted molar refractivity (Wildman–Crippen MR) is 82.0 cm³/mol. The number of benzene rings is 2. The Kier molecular flexibility index (Phi) is 3.99. The minimum atomic E-state index is -0.184. The summed E-state index contributed by atoms with van der Waals surface area (Å²) >= 11 is 5.79. The summed E-state index contributed by atoms with van der Waals surface area (Å²) < 4.78 is 5.46. The van der Waals surface area contributed by atoms with Crippen LogP contribution in [0.4, 0.5) is 0 Å². The van der Waals surface area contributed by atoms with Crippen LogP contribution >= 0.6 is 11.6 Å². The maximum Gasteiger partial charge on any atom is 0.257 e. The Morgan fingerprint density at radius 1 is 1.33 bits per heavy atom. The molecule has 2 aromatic rings. The molecule has 1 N–H and O–H groups in total. The van der Waals surface area contributed by atoms with Gasteiger partial charge in [-0.25, -0.2) is 0 Å². The summed E-state index contributed by atoms with van der Waals surface area (Å²) in [6, 6.07) is 11.0. The molecule has 0 bridgehead atoms. The number of nitrogens with zero attached hydrogens (tertiary/aromatic N) is 1. The van der Waals surface area contributed by atoms with E-state index in [1.54, 1.807) is 11.0 Å². The van der Waals surface area contributed by atoms with E-state index in [9.17, 15) is 9.90 Å². The molecule has 0 radical (unpaired) electrons. The Morgan fingerprint density at radius 3 is 2.95 bits per heavy atom. The lowest BCUT2D eigenvalue weighted by atomic mass is 10.0. The number of hydrogen-bond donors (Lipinski definition) is 1. The fourth-order valence-corrected chi connectivity index (χ4v) is 2.78. The first-order valence-corrected chi connectivity index (χ1v) is 7.41. The third kappa shape index (κ3) is 2.69. The lowest BCUT2D eigenvalue weighted by molar-refractivity contribution is -0.0108. The van der Waals surface area contributed by atoms with Gasteiger partial charge in [0.2, 0.25) is 0 Å². The molecule has 110 valence electrons. The summed E-state index contributed by atoms with van der Waals surface area (Å²) in [4.78, 5) is 14.3. The number of ether oxygens (including phenoxy) is 1. The van der Waals surface area contributed by atoms with Crippen molar-refractivity contribution in [1.82, 2.24) is 4.90 Å². The van der Waals surface area contributed by atoms with Crippen LogP contribution in [-0.2, 0) is 4.74 Å². The minimum absolute atomic E-state index is 0.0343. The molecule has 1 fully saturated rings. The molecule has 0 aromatic heterocycles. The van der Waals surface area contributed by atoms with Gasteiger partial charge in [-0.1, -0.05) is 30.3 Å². The molecule has 0 aliphatic carbocycles. The van der Waals surface area contributed by atoms with Crippen LogP contribution < -0.4 is 0 Å². The third-order valence-electron chi connectivity index (χ3n) is 3.73. The quantitative estimate of drug-likeness (QED) is 0.868. The zero-order valence-electron chi connectivity index (χ0n) is 11.5. The number of morpholine rings is 1.